The Kier molecular flexibility index (Phi) is 5.83. The van der Waals surface area contributed by atoms with Crippen molar-refractivity contribution in [3.63, 3.8) is 0 Å². The minimum atomic E-state index is 0.750. The van der Waals surface area contributed by atoms with Crippen LogP contribution in [0.2, 0.25) is 0 Å². The van der Waals surface area contributed by atoms with Gasteiger partial charge in [-0.1, -0.05) is 13.3 Å². The number of rotatable bonds is 4. The highest BCUT2D eigenvalue weighted by molar-refractivity contribution is 8.06. The summed E-state index contributed by atoms with van der Waals surface area (Å²) in [5, 5.41) is 4.52. The lowest BCUT2D eigenvalue weighted by atomic mass is 10.1. The Bertz CT molecular complexity index is 193. The van der Waals surface area contributed by atoms with Gasteiger partial charge in [0.05, 0.1) is 0 Å². The fraction of sp³-hybridized carbons (Fsp3) is 1.00. The molecule has 2 saturated heterocycles. The van der Waals surface area contributed by atoms with Crippen LogP contribution >= 0.6 is 23.5 Å². The molecule has 0 saturated carbocycles. The summed E-state index contributed by atoms with van der Waals surface area (Å²) in [6.07, 6.45) is 2.64. The van der Waals surface area contributed by atoms with Crippen LogP contribution in [-0.4, -0.2) is 59.6 Å². The van der Waals surface area contributed by atoms with Gasteiger partial charge in [-0.3, -0.25) is 4.90 Å². The molecule has 94 valence electrons. The van der Waals surface area contributed by atoms with E-state index < -0.39 is 0 Å². The van der Waals surface area contributed by atoms with Crippen LogP contribution in [0.5, 0.6) is 0 Å². The first-order chi connectivity index (χ1) is 7.88. The Labute approximate surface area is 108 Å². The predicted molar refractivity (Wildman–Crippen MR) is 76.7 cm³/mol. The average molecular weight is 260 g/mol. The molecule has 0 aromatic rings. The van der Waals surface area contributed by atoms with E-state index in [0.29, 0.717) is 0 Å². The minimum absolute atomic E-state index is 0.750. The largest absolute Gasteiger partial charge is 0.311 e. The van der Waals surface area contributed by atoms with E-state index in [1.54, 1.807) is 0 Å². The topological polar surface area (TPSA) is 15.3 Å². The van der Waals surface area contributed by atoms with E-state index in [-0.39, 0.29) is 0 Å². The summed E-state index contributed by atoms with van der Waals surface area (Å²) >= 11 is 4.33. The van der Waals surface area contributed by atoms with Crippen LogP contribution in [-0.2, 0) is 0 Å². The monoisotopic (exact) mass is 260 g/mol. The molecule has 2 fully saturated rings. The van der Waals surface area contributed by atoms with Gasteiger partial charge >= 0.3 is 0 Å². The van der Waals surface area contributed by atoms with Gasteiger partial charge in [-0.2, -0.15) is 23.5 Å². The quantitative estimate of drug-likeness (QED) is 0.830. The van der Waals surface area contributed by atoms with Crippen LogP contribution in [0.15, 0.2) is 0 Å². The van der Waals surface area contributed by atoms with Gasteiger partial charge in [0.2, 0.25) is 0 Å². The highest BCUT2D eigenvalue weighted by atomic mass is 32.2. The molecular weight excluding hydrogens is 236 g/mol. The fourth-order valence-corrected chi connectivity index (χ4v) is 5.25. The molecule has 2 aliphatic heterocycles. The van der Waals surface area contributed by atoms with Crippen molar-refractivity contribution < 1.29 is 0 Å². The molecule has 16 heavy (non-hydrogen) atoms. The number of nitrogens with one attached hydrogen (secondary N) is 1. The smallest absolute Gasteiger partial charge is 0.0265 e. The van der Waals surface area contributed by atoms with E-state index in [0.717, 1.165) is 11.3 Å². The van der Waals surface area contributed by atoms with Gasteiger partial charge in [-0.05, 0) is 6.42 Å². The SMILES string of the molecule is CCCC1CN(CC2CSCCS2)CCN1. The third-order valence-electron chi connectivity index (χ3n) is 3.32. The normalized spacial score (nSPS) is 32.8. The number of thioether (sulfide) groups is 2. The summed E-state index contributed by atoms with van der Waals surface area (Å²) in [5.74, 6) is 4.09. The Morgan fingerprint density at radius 3 is 3.06 bits per heavy atom. The van der Waals surface area contributed by atoms with E-state index >= 15 is 0 Å². The second kappa shape index (κ2) is 7.14. The van der Waals surface area contributed by atoms with Gasteiger partial charge in [-0.15, -0.1) is 0 Å². The number of piperazine rings is 1. The van der Waals surface area contributed by atoms with Crippen molar-refractivity contribution in [2.75, 3.05) is 43.4 Å². The molecule has 0 amide bonds. The van der Waals surface area contributed by atoms with E-state index in [9.17, 15) is 0 Å². The molecule has 2 aliphatic rings. The molecule has 2 unspecified atom stereocenters. The first-order valence-electron chi connectivity index (χ1n) is 6.53. The van der Waals surface area contributed by atoms with Crippen LogP contribution in [0.4, 0.5) is 0 Å². The number of hydrogen-bond acceptors (Lipinski definition) is 4. The van der Waals surface area contributed by atoms with Gasteiger partial charge < -0.3 is 5.32 Å². The maximum atomic E-state index is 3.63. The van der Waals surface area contributed by atoms with Crippen molar-refractivity contribution in [1.82, 2.24) is 10.2 Å². The minimum Gasteiger partial charge on any atom is -0.311 e. The molecule has 2 nitrogen and oxygen atoms in total. The predicted octanol–water partition coefficient (Wildman–Crippen LogP) is 1.91. The number of hydrogen-bond donors (Lipinski definition) is 1. The molecule has 0 aliphatic carbocycles. The lowest BCUT2D eigenvalue weighted by molar-refractivity contribution is 0.196. The molecule has 0 aromatic carbocycles. The third-order valence-corrected chi connectivity index (χ3v) is 6.15. The summed E-state index contributed by atoms with van der Waals surface area (Å²) in [5.41, 5.74) is 0. The van der Waals surface area contributed by atoms with Crippen molar-refractivity contribution in [3.8, 4) is 0 Å². The van der Waals surface area contributed by atoms with Gasteiger partial charge in [0.25, 0.3) is 0 Å². The van der Waals surface area contributed by atoms with Gasteiger partial charge in [0.15, 0.2) is 0 Å². The second-order valence-corrected chi connectivity index (χ2v) is 7.33. The molecule has 1 N–H and O–H groups in total. The molecule has 2 heterocycles. The standard InChI is InChI=1S/C12H24N2S2/c1-2-3-11-8-14(5-4-13-11)9-12-10-15-6-7-16-12/h11-13H,2-10H2,1H3. The van der Waals surface area contributed by atoms with Crippen molar-refractivity contribution in [1.29, 1.82) is 0 Å². The zero-order valence-corrected chi connectivity index (χ0v) is 11.9. The first-order valence-corrected chi connectivity index (χ1v) is 8.74. The molecule has 2 atom stereocenters. The number of nitrogens with zero attached hydrogens (tertiary/aromatic N) is 1. The summed E-state index contributed by atoms with van der Waals surface area (Å²) in [6, 6.07) is 0.750. The summed E-state index contributed by atoms with van der Waals surface area (Å²) < 4.78 is 0. The molecule has 4 heteroatoms. The van der Waals surface area contributed by atoms with Crippen molar-refractivity contribution >= 4 is 23.5 Å². The van der Waals surface area contributed by atoms with E-state index in [1.807, 2.05) is 0 Å². The third kappa shape index (κ3) is 4.13. The van der Waals surface area contributed by atoms with Crippen LogP contribution in [0, 0.1) is 0 Å². The molecule has 2 rings (SSSR count). The Balaban J connectivity index is 1.71. The van der Waals surface area contributed by atoms with Crippen molar-refractivity contribution in [2.45, 2.75) is 31.1 Å². The first kappa shape index (κ1) is 13.1. The Morgan fingerprint density at radius 1 is 1.38 bits per heavy atom. The van der Waals surface area contributed by atoms with E-state index in [2.05, 4.69) is 40.7 Å². The average Bonchev–Trinajstić information content (AvgIpc) is 2.31. The maximum absolute atomic E-state index is 3.63. The fourth-order valence-electron chi connectivity index (χ4n) is 2.53. The molecule has 0 bridgehead atoms. The highest BCUT2D eigenvalue weighted by Gasteiger charge is 2.22. The Morgan fingerprint density at radius 2 is 2.31 bits per heavy atom. The zero-order valence-electron chi connectivity index (χ0n) is 10.3. The zero-order chi connectivity index (χ0) is 11.2. The summed E-state index contributed by atoms with van der Waals surface area (Å²) in [6.45, 7) is 7.32. The Hall–Kier alpha value is 0.620. The van der Waals surface area contributed by atoms with Gasteiger partial charge in [-0.25, -0.2) is 0 Å². The van der Waals surface area contributed by atoms with Crippen LogP contribution < -0.4 is 5.32 Å². The van der Waals surface area contributed by atoms with Crippen LogP contribution in [0.1, 0.15) is 19.8 Å². The van der Waals surface area contributed by atoms with Gasteiger partial charge in [0.1, 0.15) is 0 Å². The lowest BCUT2D eigenvalue weighted by Crippen LogP contribution is -2.52. The van der Waals surface area contributed by atoms with Crippen LogP contribution in [0.25, 0.3) is 0 Å². The molecule has 0 spiro atoms. The van der Waals surface area contributed by atoms with E-state index in [4.69, 9.17) is 0 Å². The van der Waals surface area contributed by atoms with Crippen molar-refractivity contribution in [3.05, 3.63) is 0 Å². The van der Waals surface area contributed by atoms with E-state index in [1.165, 1.54) is 56.3 Å². The molecule has 0 radical (unpaired) electrons. The highest BCUT2D eigenvalue weighted by Crippen LogP contribution is 2.25. The second-order valence-electron chi connectivity index (χ2n) is 4.77. The van der Waals surface area contributed by atoms with Crippen molar-refractivity contribution in [2.24, 2.45) is 0 Å². The summed E-state index contributed by atoms with van der Waals surface area (Å²) in [4.78, 5) is 2.68. The summed E-state index contributed by atoms with van der Waals surface area (Å²) in [7, 11) is 0. The van der Waals surface area contributed by atoms with Crippen LogP contribution in [0.3, 0.4) is 0 Å². The molecular formula is C12H24N2S2. The maximum Gasteiger partial charge on any atom is 0.0265 e. The van der Waals surface area contributed by atoms with Gasteiger partial charge in [0, 0.05) is 54.7 Å². The lowest BCUT2D eigenvalue weighted by Gasteiger charge is -2.36. The molecule has 0 aromatic heterocycles.